The summed E-state index contributed by atoms with van der Waals surface area (Å²) < 4.78 is 8.29. The number of hydrogen-bond acceptors (Lipinski definition) is 3. The van der Waals surface area contributed by atoms with Crippen molar-refractivity contribution in [1.29, 1.82) is 0 Å². The maximum absolute atomic E-state index is 11.4. The zero-order valence-corrected chi connectivity index (χ0v) is 12.1. The first-order chi connectivity index (χ1) is 8.49. The van der Waals surface area contributed by atoms with E-state index < -0.39 is 5.91 Å². The van der Waals surface area contributed by atoms with Crippen molar-refractivity contribution >= 4 is 28.5 Å². The van der Waals surface area contributed by atoms with Crippen LogP contribution in [0.2, 0.25) is 0 Å². The van der Waals surface area contributed by atoms with E-state index in [-0.39, 0.29) is 0 Å². The highest BCUT2D eigenvalue weighted by molar-refractivity contribution is 14.1. The lowest BCUT2D eigenvalue weighted by Crippen LogP contribution is -2.13. The Balaban J connectivity index is 2.39. The van der Waals surface area contributed by atoms with Crippen LogP contribution in [0.3, 0.4) is 0 Å². The number of ether oxygens (including phenoxy) is 1. The second-order valence-electron chi connectivity index (χ2n) is 3.81. The van der Waals surface area contributed by atoms with E-state index in [4.69, 9.17) is 10.5 Å². The molecule has 18 heavy (non-hydrogen) atoms. The normalized spacial score (nSPS) is 10.4. The largest absolute Gasteiger partial charge is 0.438 e. The second kappa shape index (κ2) is 4.97. The topological polar surface area (TPSA) is 70.1 Å². The number of amides is 1. The van der Waals surface area contributed by atoms with E-state index in [1.807, 2.05) is 24.3 Å². The van der Waals surface area contributed by atoms with Gasteiger partial charge in [-0.3, -0.25) is 4.79 Å². The molecule has 6 heteroatoms. The third-order valence-electron chi connectivity index (χ3n) is 2.44. The van der Waals surface area contributed by atoms with Crippen molar-refractivity contribution in [1.82, 2.24) is 9.78 Å². The van der Waals surface area contributed by atoms with Crippen LogP contribution in [0.5, 0.6) is 11.6 Å². The van der Waals surface area contributed by atoms with Crippen LogP contribution < -0.4 is 10.5 Å². The van der Waals surface area contributed by atoms with Gasteiger partial charge in [0.15, 0.2) is 0 Å². The van der Waals surface area contributed by atoms with Crippen molar-refractivity contribution in [3.63, 3.8) is 0 Å². The molecule has 1 aromatic carbocycles. The summed E-state index contributed by atoms with van der Waals surface area (Å²) in [4.78, 5) is 11.4. The van der Waals surface area contributed by atoms with Gasteiger partial charge >= 0.3 is 0 Å². The maximum atomic E-state index is 11.4. The molecule has 2 aromatic rings. The average Bonchev–Trinajstić information content (AvgIpc) is 2.57. The minimum Gasteiger partial charge on any atom is -0.438 e. The Morgan fingerprint density at radius 1 is 1.39 bits per heavy atom. The SMILES string of the molecule is Cc1nn(C)c(Oc2ccc(I)cc2)c1C(N)=O. The Morgan fingerprint density at radius 3 is 2.56 bits per heavy atom. The molecule has 0 bridgehead atoms. The number of primary amides is 1. The fourth-order valence-corrected chi connectivity index (χ4v) is 2.01. The maximum Gasteiger partial charge on any atom is 0.256 e. The third-order valence-corrected chi connectivity index (χ3v) is 3.16. The van der Waals surface area contributed by atoms with Gasteiger partial charge < -0.3 is 10.5 Å². The van der Waals surface area contributed by atoms with Gasteiger partial charge in [0.2, 0.25) is 5.88 Å². The molecule has 2 rings (SSSR count). The predicted molar refractivity (Wildman–Crippen MR) is 75.7 cm³/mol. The van der Waals surface area contributed by atoms with Crippen molar-refractivity contribution in [3.8, 4) is 11.6 Å². The molecule has 0 atom stereocenters. The van der Waals surface area contributed by atoms with Gasteiger partial charge in [0.25, 0.3) is 5.91 Å². The van der Waals surface area contributed by atoms with Gasteiger partial charge in [0, 0.05) is 10.6 Å². The summed E-state index contributed by atoms with van der Waals surface area (Å²) in [7, 11) is 1.71. The number of aromatic nitrogens is 2. The molecular weight excluding hydrogens is 345 g/mol. The van der Waals surface area contributed by atoms with Gasteiger partial charge in [-0.15, -0.1) is 0 Å². The van der Waals surface area contributed by atoms with Crippen LogP contribution >= 0.6 is 22.6 Å². The van der Waals surface area contributed by atoms with Gasteiger partial charge in [-0.25, -0.2) is 4.68 Å². The van der Waals surface area contributed by atoms with Gasteiger partial charge in [-0.2, -0.15) is 5.10 Å². The molecule has 1 heterocycles. The molecule has 0 aliphatic rings. The van der Waals surface area contributed by atoms with Gasteiger partial charge in [0.05, 0.1) is 5.69 Å². The standard InChI is InChI=1S/C12H12IN3O2/c1-7-10(11(14)17)12(16(2)15-7)18-9-5-3-8(13)4-6-9/h3-6H,1-2H3,(H2,14,17). The summed E-state index contributed by atoms with van der Waals surface area (Å²) in [5.74, 6) is 0.461. The van der Waals surface area contributed by atoms with E-state index in [1.165, 1.54) is 4.68 Å². The fraction of sp³-hybridized carbons (Fsp3) is 0.167. The molecule has 5 nitrogen and oxygen atoms in total. The van der Waals surface area contributed by atoms with Gasteiger partial charge in [-0.05, 0) is 53.8 Å². The van der Waals surface area contributed by atoms with E-state index in [9.17, 15) is 4.79 Å². The molecule has 0 unspecified atom stereocenters. The lowest BCUT2D eigenvalue weighted by Gasteiger charge is -2.07. The highest BCUT2D eigenvalue weighted by atomic mass is 127. The number of halogens is 1. The Bertz CT molecular complexity index is 590. The summed E-state index contributed by atoms with van der Waals surface area (Å²) in [6.45, 7) is 1.72. The first kappa shape index (κ1) is 12.9. The van der Waals surface area contributed by atoms with Gasteiger partial charge in [0.1, 0.15) is 11.3 Å². The minimum absolute atomic E-state index is 0.316. The fourth-order valence-electron chi connectivity index (χ4n) is 1.65. The molecule has 0 aliphatic carbocycles. The Hall–Kier alpha value is -1.57. The summed E-state index contributed by atoms with van der Waals surface area (Å²) >= 11 is 2.21. The lowest BCUT2D eigenvalue weighted by molar-refractivity contribution is 0.0997. The molecule has 0 saturated carbocycles. The number of hydrogen-bond donors (Lipinski definition) is 1. The Labute approximate surface area is 118 Å². The number of nitrogens with zero attached hydrogens (tertiary/aromatic N) is 2. The zero-order valence-electron chi connectivity index (χ0n) is 9.98. The van der Waals surface area contributed by atoms with Crippen molar-refractivity contribution in [2.45, 2.75) is 6.92 Å². The molecule has 0 fully saturated rings. The molecule has 94 valence electrons. The third kappa shape index (κ3) is 2.47. The van der Waals surface area contributed by atoms with Crippen molar-refractivity contribution < 1.29 is 9.53 Å². The van der Waals surface area contributed by atoms with Crippen molar-refractivity contribution in [3.05, 3.63) is 39.1 Å². The molecule has 0 radical (unpaired) electrons. The van der Waals surface area contributed by atoms with E-state index >= 15 is 0 Å². The van der Waals surface area contributed by atoms with Crippen LogP contribution in [0.15, 0.2) is 24.3 Å². The minimum atomic E-state index is -0.541. The quantitative estimate of drug-likeness (QED) is 0.857. The van der Waals surface area contributed by atoms with Crippen LogP contribution in [-0.4, -0.2) is 15.7 Å². The summed E-state index contributed by atoms with van der Waals surface area (Å²) in [5.41, 5.74) is 6.21. The number of nitrogens with two attached hydrogens (primary N) is 1. The predicted octanol–water partition coefficient (Wildman–Crippen LogP) is 2.22. The van der Waals surface area contributed by atoms with E-state index in [1.54, 1.807) is 14.0 Å². The Morgan fingerprint density at radius 2 is 2.00 bits per heavy atom. The zero-order chi connectivity index (χ0) is 13.3. The summed E-state index contributed by atoms with van der Waals surface area (Å²) in [5, 5.41) is 4.14. The first-order valence-electron chi connectivity index (χ1n) is 5.26. The lowest BCUT2D eigenvalue weighted by atomic mass is 10.2. The number of carbonyl (C=O) groups is 1. The molecule has 1 aromatic heterocycles. The second-order valence-corrected chi connectivity index (χ2v) is 5.06. The Kier molecular flexibility index (Phi) is 3.55. The van der Waals surface area contributed by atoms with Crippen molar-refractivity contribution in [2.24, 2.45) is 12.8 Å². The van der Waals surface area contributed by atoms with Crippen LogP contribution in [0.25, 0.3) is 0 Å². The molecule has 0 spiro atoms. The summed E-state index contributed by atoms with van der Waals surface area (Å²) in [6.07, 6.45) is 0. The van der Waals surface area contributed by atoms with Crippen LogP contribution in [0.1, 0.15) is 16.1 Å². The number of aryl methyl sites for hydroxylation is 2. The van der Waals surface area contributed by atoms with Gasteiger partial charge in [-0.1, -0.05) is 0 Å². The van der Waals surface area contributed by atoms with Crippen LogP contribution in [-0.2, 0) is 7.05 Å². The number of carbonyl (C=O) groups excluding carboxylic acids is 1. The molecule has 0 aliphatic heterocycles. The molecule has 0 saturated heterocycles. The highest BCUT2D eigenvalue weighted by Crippen LogP contribution is 2.27. The van der Waals surface area contributed by atoms with E-state index in [2.05, 4.69) is 27.7 Å². The van der Waals surface area contributed by atoms with Crippen molar-refractivity contribution in [2.75, 3.05) is 0 Å². The van der Waals surface area contributed by atoms with Crippen LogP contribution in [0, 0.1) is 10.5 Å². The number of benzene rings is 1. The monoisotopic (exact) mass is 357 g/mol. The average molecular weight is 357 g/mol. The van der Waals surface area contributed by atoms with E-state index in [0.29, 0.717) is 22.9 Å². The number of rotatable bonds is 3. The molecule has 2 N–H and O–H groups in total. The first-order valence-corrected chi connectivity index (χ1v) is 6.33. The smallest absolute Gasteiger partial charge is 0.256 e. The molecule has 1 amide bonds. The van der Waals surface area contributed by atoms with E-state index in [0.717, 1.165) is 3.57 Å². The highest BCUT2D eigenvalue weighted by Gasteiger charge is 2.19. The van der Waals surface area contributed by atoms with Crippen LogP contribution in [0.4, 0.5) is 0 Å². The summed E-state index contributed by atoms with van der Waals surface area (Å²) in [6, 6.07) is 7.50. The molecular formula is C12H12IN3O2.